The zero-order valence-electron chi connectivity index (χ0n) is 11.2. The first-order chi connectivity index (χ1) is 9.17. The van der Waals surface area contributed by atoms with Crippen molar-refractivity contribution in [2.75, 3.05) is 7.11 Å². The Morgan fingerprint density at radius 3 is 3.05 bits per heavy atom. The molecule has 0 fully saturated rings. The number of nitrogens with one attached hydrogen (secondary N) is 2. The quantitative estimate of drug-likeness (QED) is 0.867. The summed E-state index contributed by atoms with van der Waals surface area (Å²) in [5.74, 6) is 0.916. The minimum atomic E-state index is 0.0509. The Hall–Kier alpha value is -1.97. The third-order valence-corrected chi connectivity index (χ3v) is 3.80. The van der Waals surface area contributed by atoms with E-state index in [2.05, 4.69) is 16.4 Å². The Morgan fingerprint density at radius 1 is 1.47 bits per heavy atom. The average Bonchev–Trinajstić information content (AvgIpc) is 2.75. The topological polar surface area (TPSA) is 54.1 Å². The highest BCUT2D eigenvalue weighted by Gasteiger charge is 2.22. The van der Waals surface area contributed by atoms with Crippen molar-refractivity contribution in [3.8, 4) is 5.75 Å². The third-order valence-electron chi connectivity index (χ3n) is 3.80. The van der Waals surface area contributed by atoms with E-state index in [1.807, 2.05) is 12.1 Å². The zero-order valence-corrected chi connectivity index (χ0v) is 11.2. The summed E-state index contributed by atoms with van der Waals surface area (Å²) >= 11 is 0. The maximum absolute atomic E-state index is 11.2. The number of rotatable bonds is 2. The van der Waals surface area contributed by atoms with Crippen LogP contribution in [0.3, 0.4) is 0 Å². The van der Waals surface area contributed by atoms with E-state index in [4.69, 9.17) is 4.74 Å². The van der Waals surface area contributed by atoms with Gasteiger partial charge in [0.1, 0.15) is 5.75 Å². The minimum Gasteiger partial charge on any atom is -0.497 e. The molecule has 1 aromatic carbocycles. The average molecular weight is 258 g/mol. The summed E-state index contributed by atoms with van der Waals surface area (Å²) in [6, 6.07) is 6.37. The van der Waals surface area contributed by atoms with Crippen LogP contribution in [0.4, 0.5) is 0 Å². The number of hydrogen-bond donors (Lipinski definition) is 2. The standard InChI is InChI=1S/C15H18N2O2/c1-9(18)16-10-3-6-14-13(7-10)12-5-4-11(19-2)8-15(12)17-14/h4-5,8,10,17H,3,6-7H2,1-2H3,(H,16,18). The Labute approximate surface area is 112 Å². The van der Waals surface area contributed by atoms with Gasteiger partial charge in [-0.15, -0.1) is 0 Å². The molecule has 0 saturated heterocycles. The van der Waals surface area contributed by atoms with Gasteiger partial charge in [0.25, 0.3) is 0 Å². The number of fused-ring (bicyclic) bond motifs is 3. The molecule has 1 heterocycles. The van der Waals surface area contributed by atoms with Crippen LogP contribution in [-0.2, 0) is 17.6 Å². The molecule has 1 aromatic heterocycles. The van der Waals surface area contributed by atoms with Gasteiger partial charge in [-0.2, -0.15) is 0 Å². The van der Waals surface area contributed by atoms with Crippen LogP contribution in [0.25, 0.3) is 10.9 Å². The predicted octanol–water partition coefficient (Wildman–Crippen LogP) is 2.17. The second-order valence-electron chi connectivity index (χ2n) is 5.13. The smallest absolute Gasteiger partial charge is 0.217 e. The second-order valence-corrected chi connectivity index (χ2v) is 5.13. The first-order valence-electron chi connectivity index (χ1n) is 6.62. The molecule has 1 amide bonds. The number of amides is 1. The molecule has 1 unspecified atom stereocenters. The highest BCUT2D eigenvalue weighted by atomic mass is 16.5. The zero-order chi connectivity index (χ0) is 13.4. The fraction of sp³-hybridized carbons (Fsp3) is 0.400. The molecule has 0 bridgehead atoms. The number of methoxy groups -OCH3 is 1. The van der Waals surface area contributed by atoms with Gasteiger partial charge in [0.15, 0.2) is 0 Å². The molecule has 19 heavy (non-hydrogen) atoms. The van der Waals surface area contributed by atoms with Crippen molar-refractivity contribution in [2.45, 2.75) is 32.2 Å². The lowest BCUT2D eigenvalue weighted by Gasteiger charge is -2.23. The van der Waals surface area contributed by atoms with E-state index >= 15 is 0 Å². The highest BCUT2D eigenvalue weighted by molar-refractivity contribution is 5.86. The van der Waals surface area contributed by atoms with Crippen molar-refractivity contribution >= 4 is 16.8 Å². The summed E-state index contributed by atoms with van der Waals surface area (Å²) in [4.78, 5) is 14.6. The molecule has 4 heteroatoms. The van der Waals surface area contributed by atoms with Gasteiger partial charge < -0.3 is 15.0 Å². The van der Waals surface area contributed by atoms with Crippen molar-refractivity contribution in [1.82, 2.24) is 10.3 Å². The first-order valence-corrected chi connectivity index (χ1v) is 6.62. The summed E-state index contributed by atoms with van der Waals surface area (Å²) in [5, 5.41) is 4.26. The molecule has 2 aromatic rings. The molecule has 0 radical (unpaired) electrons. The lowest BCUT2D eigenvalue weighted by molar-refractivity contribution is -0.119. The number of ether oxygens (including phenoxy) is 1. The van der Waals surface area contributed by atoms with Gasteiger partial charge in [0.2, 0.25) is 5.91 Å². The Balaban J connectivity index is 1.97. The molecule has 2 N–H and O–H groups in total. The number of carbonyl (C=O) groups excluding carboxylic acids is 1. The molecule has 1 aliphatic rings. The fourth-order valence-electron chi connectivity index (χ4n) is 2.94. The molecule has 3 rings (SSSR count). The number of H-pyrrole nitrogens is 1. The predicted molar refractivity (Wildman–Crippen MR) is 74.5 cm³/mol. The first kappa shape index (κ1) is 12.1. The molecule has 100 valence electrons. The Bertz CT molecular complexity index is 630. The SMILES string of the molecule is COc1ccc2c3c([nH]c2c1)CCC(NC(C)=O)C3. The van der Waals surface area contributed by atoms with Crippen molar-refractivity contribution in [3.05, 3.63) is 29.5 Å². The van der Waals surface area contributed by atoms with Gasteiger partial charge in [-0.3, -0.25) is 4.79 Å². The van der Waals surface area contributed by atoms with E-state index in [0.29, 0.717) is 0 Å². The van der Waals surface area contributed by atoms with E-state index in [-0.39, 0.29) is 11.9 Å². The number of aryl methyl sites for hydroxylation is 1. The van der Waals surface area contributed by atoms with Crippen molar-refractivity contribution in [1.29, 1.82) is 0 Å². The lowest BCUT2D eigenvalue weighted by Crippen LogP contribution is -2.37. The molecule has 0 aliphatic heterocycles. The summed E-state index contributed by atoms with van der Waals surface area (Å²) in [7, 11) is 1.68. The molecule has 4 nitrogen and oxygen atoms in total. The van der Waals surface area contributed by atoms with Crippen LogP contribution in [0.2, 0.25) is 0 Å². The lowest BCUT2D eigenvalue weighted by atomic mass is 9.91. The van der Waals surface area contributed by atoms with Crippen LogP contribution >= 0.6 is 0 Å². The molecule has 1 aliphatic carbocycles. The monoisotopic (exact) mass is 258 g/mol. The summed E-state index contributed by atoms with van der Waals surface area (Å²) in [5.41, 5.74) is 3.75. The second kappa shape index (κ2) is 4.61. The van der Waals surface area contributed by atoms with Crippen molar-refractivity contribution < 1.29 is 9.53 Å². The van der Waals surface area contributed by atoms with Crippen LogP contribution in [0.15, 0.2) is 18.2 Å². The Kier molecular flexibility index (Phi) is 2.93. The maximum atomic E-state index is 11.2. The van der Waals surface area contributed by atoms with Gasteiger partial charge in [0.05, 0.1) is 7.11 Å². The summed E-state index contributed by atoms with van der Waals surface area (Å²) in [6.07, 6.45) is 2.88. The molecule has 0 spiro atoms. The van der Waals surface area contributed by atoms with Crippen LogP contribution in [0.1, 0.15) is 24.6 Å². The van der Waals surface area contributed by atoms with E-state index in [9.17, 15) is 4.79 Å². The fourth-order valence-corrected chi connectivity index (χ4v) is 2.94. The number of aromatic nitrogens is 1. The summed E-state index contributed by atoms with van der Waals surface area (Å²) in [6.45, 7) is 1.58. The molecular formula is C15H18N2O2. The van der Waals surface area contributed by atoms with Crippen LogP contribution in [0.5, 0.6) is 5.75 Å². The minimum absolute atomic E-state index is 0.0509. The van der Waals surface area contributed by atoms with E-state index in [1.165, 1.54) is 16.6 Å². The van der Waals surface area contributed by atoms with E-state index in [1.54, 1.807) is 14.0 Å². The van der Waals surface area contributed by atoms with Gasteiger partial charge in [0, 0.05) is 35.6 Å². The van der Waals surface area contributed by atoms with Crippen molar-refractivity contribution in [2.24, 2.45) is 0 Å². The molecule has 1 atom stereocenters. The number of hydrogen-bond acceptors (Lipinski definition) is 2. The van der Waals surface area contributed by atoms with Crippen LogP contribution in [0, 0.1) is 0 Å². The van der Waals surface area contributed by atoms with E-state index in [0.717, 1.165) is 30.5 Å². The van der Waals surface area contributed by atoms with Gasteiger partial charge >= 0.3 is 0 Å². The van der Waals surface area contributed by atoms with Crippen LogP contribution < -0.4 is 10.1 Å². The van der Waals surface area contributed by atoms with Gasteiger partial charge in [-0.05, 0) is 37.0 Å². The number of benzene rings is 1. The molecule has 0 saturated carbocycles. The van der Waals surface area contributed by atoms with Gasteiger partial charge in [-0.1, -0.05) is 0 Å². The van der Waals surface area contributed by atoms with Gasteiger partial charge in [-0.25, -0.2) is 0 Å². The van der Waals surface area contributed by atoms with Crippen molar-refractivity contribution in [3.63, 3.8) is 0 Å². The third kappa shape index (κ3) is 2.18. The van der Waals surface area contributed by atoms with E-state index < -0.39 is 0 Å². The maximum Gasteiger partial charge on any atom is 0.217 e. The normalized spacial score (nSPS) is 18.1. The molecular weight excluding hydrogens is 240 g/mol. The number of aromatic amines is 1. The highest BCUT2D eigenvalue weighted by Crippen LogP contribution is 2.31. The Morgan fingerprint density at radius 2 is 2.32 bits per heavy atom. The number of carbonyl (C=O) groups is 1. The van der Waals surface area contributed by atoms with Crippen LogP contribution in [-0.4, -0.2) is 24.0 Å². The summed E-state index contributed by atoms with van der Waals surface area (Å²) < 4.78 is 5.25. The largest absolute Gasteiger partial charge is 0.497 e.